The number of benzene rings is 1. The van der Waals surface area contributed by atoms with Gasteiger partial charge in [-0.05, 0) is 19.1 Å². The number of hydrogen-bond donors (Lipinski definition) is 0. The van der Waals surface area contributed by atoms with E-state index in [1.807, 2.05) is 0 Å². The highest BCUT2D eigenvalue weighted by Gasteiger charge is 2.25. The lowest BCUT2D eigenvalue weighted by Gasteiger charge is -2.34. The molecule has 2 heterocycles. The summed E-state index contributed by atoms with van der Waals surface area (Å²) in [4.78, 5) is 27.4. The Bertz CT molecular complexity index is 807. The van der Waals surface area contributed by atoms with Gasteiger partial charge in [0.15, 0.2) is 5.16 Å². The molecular formula is C17H20FN5O3S. The maximum Gasteiger partial charge on any atom is 0.409 e. The normalized spacial score (nSPS) is 14.3. The summed E-state index contributed by atoms with van der Waals surface area (Å²) in [5.41, 5.74) is 0.334. The van der Waals surface area contributed by atoms with Gasteiger partial charge in [-0.3, -0.25) is 9.36 Å². The third-order valence-corrected chi connectivity index (χ3v) is 5.04. The van der Waals surface area contributed by atoms with Gasteiger partial charge in [0.1, 0.15) is 12.1 Å². The van der Waals surface area contributed by atoms with Crippen molar-refractivity contribution in [3.63, 3.8) is 0 Å². The van der Waals surface area contributed by atoms with E-state index in [1.165, 1.54) is 28.7 Å². The van der Waals surface area contributed by atoms with Gasteiger partial charge in [0.05, 0.1) is 18.0 Å². The fraction of sp³-hybridized carbons (Fsp3) is 0.412. The van der Waals surface area contributed by atoms with Crippen LogP contribution in [-0.4, -0.2) is 75.1 Å². The van der Waals surface area contributed by atoms with E-state index in [2.05, 4.69) is 10.2 Å². The Kier molecular flexibility index (Phi) is 6.28. The molecule has 144 valence electrons. The van der Waals surface area contributed by atoms with Crippen LogP contribution < -0.4 is 0 Å². The lowest BCUT2D eigenvalue weighted by atomic mass is 10.3. The quantitative estimate of drug-likeness (QED) is 0.721. The number of ether oxygens (including phenoxy) is 1. The van der Waals surface area contributed by atoms with Crippen LogP contribution in [0, 0.1) is 5.82 Å². The van der Waals surface area contributed by atoms with E-state index in [-0.39, 0.29) is 23.6 Å². The molecule has 0 atom stereocenters. The SMILES string of the molecule is CCOC(=O)N1CCN(C(=O)CSc2nncn2-c2ccccc2F)CC1. The van der Waals surface area contributed by atoms with E-state index in [1.54, 1.807) is 34.9 Å². The van der Waals surface area contributed by atoms with Crippen LogP contribution in [0.25, 0.3) is 5.69 Å². The van der Waals surface area contributed by atoms with Crippen molar-refractivity contribution in [3.05, 3.63) is 36.4 Å². The molecule has 1 aromatic heterocycles. The molecule has 10 heteroatoms. The molecule has 0 unspecified atom stereocenters. The van der Waals surface area contributed by atoms with E-state index in [0.717, 1.165) is 0 Å². The Morgan fingerprint density at radius 1 is 1.19 bits per heavy atom. The average molecular weight is 393 g/mol. The van der Waals surface area contributed by atoms with Gasteiger partial charge in [0, 0.05) is 26.2 Å². The number of hydrogen-bond acceptors (Lipinski definition) is 6. The number of amides is 2. The van der Waals surface area contributed by atoms with Crippen LogP contribution in [0.15, 0.2) is 35.7 Å². The third kappa shape index (κ3) is 4.57. The summed E-state index contributed by atoms with van der Waals surface area (Å²) >= 11 is 1.20. The van der Waals surface area contributed by atoms with E-state index in [4.69, 9.17) is 4.74 Å². The molecule has 1 aromatic carbocycles. The maximum absolute atomic E-state index is 14.0. The summed E-state index contributed by atoms with van der Waals surface area (Å²) < 4.78 is 20.5. The number of para-hydroxylation sites is 1. The lowest BCUT2D eigenvalue weighted by Crippen LogP contribution is -2.51. The molecule has 0 aliphatic carbocycles. The van der Waals surface area contributed by atoms with Gasteiger partial charge in [-0.1, -0.05) is 23.9 Å². The van der Waals surface area contributed by atoms with Gasteiger partial charge < -0.3 is 14.5 Å². The van der Waals surface area contributed by atoms with E-state index >= 15 is 0 Å². The maximum atomic E-state index is 14.0. The lowest BCUT2D eigenvalue weighted by molar-refractivity contribution is -0.129. The van der Waals surface area contributed by atoms with Crippen LogP contribution in [0.3, 0.4) is 0 Å². The zero-order valence-corrected chi connectivity index (χ0v) is 15.7. The van der Waals surface area contributed by atoms with Gasteiger partial charge in [-0.2, -0.15) is 0 Å². The highest BCUT2D eigenvalue weighted by Crippen LogP contribution is 2.21. The summed E-state index contributed by atoms with van der Waals surface area (Å²) in [5, 5.41) is 8.24. The summed E-state index contributed by atoms with van der Waals surface area (Å²) in [6.45, 7) is 3.89. The average Bonchev–Trinajstić information content (AvgIpc) is 3.15. The highest BCUT2D eigenvalue weighted by molar-refractivity contribution is 7.99. The second kappa shape index (κ2) is 8.85. The molecule has 27 heavy (non-hydrogen) atoms. The first-order valence-electron chi connectivity index (χ1n) is 8.57. The number of carbonyl (C=O) groups excluding carboxylic acids is 2. The molecule has 0 radical (unpaired) electrons. The summed E-state index contributed by atoms with van der Waals surface area (Å²) in [6.07, 6.45) is 1.07. The Labute approximate surface area is 160 Å². The van der Waals surface area contributed by atoms with Gasteiger partial charge in [-0.15, -0.1) is 10.2 Å². The van der Waals surface area contributed by atoms with Crippen molar-refractivity contribution in [3.8, 4) is 5.69 Å². The molecule has 1 fully saturated rings. The first-order chi connectivity index (χ1) is 13.1. The van der Waals surface area contributed by atoms with Gasteiger partial charge in [0.25, 0.3) is 0 Å². The zero-order valence-electron chi connectivity index (χ0n) is 14.9. The standard InChI is InChI=1S/C17H20FN5O3S/c1-2-26-17(25)22-9-7-21(8-10-22)15(24)11-27-16-20-19-12-23(16)14-6-4-3-5-13(14)18/h3-6,12H,2,7-11H2,1H3. The highest BCUT2D eigenvalue weighted by atomic mass is 32.2. The Balaban J connectivity index is 1.55. The fourth-order valence-corrected chi connectivity index (χ4v) is 3.53. The predicted octanol–water partition coefficient (Wildman–Crippen LogP) is 1.80. The fourth-order valence-electron chi connectivity index (χ4n) is 2.71. The minimum atomic E-state index is -0.388. The minimum Gasteiger partial charge on any atom is -0.450 e. The van der Waals surface area contributed by atoms with Gasteiger partial charge in [-0.25, -0.2) is 9.18 Å². The van der Waals surface area contributed by atoms with Crippen molar-refractivity contribution < 1.29 is 18.7 Å². The number of rotatable bonds is 5. The first-order valence-corrected chi connectivity index (χ1v) is 9.56. The largest absolute Gasteiger partial charge is 0.450 e. The Hall–Kier alpha value is -2.62. The third-order valence-electron chi connectivity index (χ3n) is 4.11. The molecule has 0 saturated carbocycles. The van der Waals surface area contributed by atoms with Gasteiger partial charge in [0.2, 0.25) is 5.91 Å². The van der Waals surface area contributed by atoms with Crippen molar-refractivity contribution in [2.75, 3.05) is 38.5 Å². The topological polar surface area (TPSA) is 80.6 Å². The monoisotopic (exact) mass is 393 g/mol. The molecule has 2 aromatic rings. The number of halogens is 1. The molecule has 3 rings (SSSR count). The van der Waals surface area contributed by atoms with Crippen molar-refractivity contribution in [1.29, 1.82) is 0 Å². The van der Waals surface area contributed by atoms with Crippen molar-refractivity contribution in [1.82, 2.24) is 24.6 Å². The number of piperazine rings is 1. The molecule has 0 N–H and O–H groups in total. The number of aromatic nitrogens is 3. The van der Waals surface area contributed by atoms with Crippen molar-refractivity contribution >= 4 is 23.8 Å². The van der Waals surface area contributed by atoms with Crippen LogP contribution in [0.4, 0.5) is 9.18 Å². The summed E-state index contributed by atoms with van der Waals surface area (Å²) in [7, 11) is 0. The van der Waals surface area contributed by atoms with E-state index in [9.17, 15) is 14.0 Å². The first kappa shape index (κ1) is 19.2. The molecule has 2 amide bonds. The summed E-state index contributed by atoms with van der Waals surface area (Å²) in [6, 6.07) is 6.31. The van der Waals surface area contributed by atoms with E-state index < -0.39 is 0 Å². The van der Waals surface area contributed by atoms with Crippen LogP contribution in [-0.2, 0) is 9.53 Å². The molecule has 8 nitrogen and oxygen atoms in total. The van der Waals surface area contributed by atoms with Crippen molar-refractivity contribution in [2.24, 2.45) is 0 Å². The van der Waals surface area contributed by atoms with Crippen LogP contribution in [0.5, 0.6) is 0 Å². The molecule has 0 spiro atoms. The van der Waals surface area contributed by atoms with Crippen molar-refractivity contribution in [2.45, 2.75) is 12.1 Å². The van der Waals surface area contributed by atoms with Crippen LogP contribution >= 0.6 is 11.8 Å². The smallest absolute Gasteiger partial charge is 0.409 e. The second-order valence-corrected chi connectivity index (χ2v) is 6.73. The predicted molar refractivity (Wildman–Crippen MR) is 97.2 cm³/mol. The second-order valence-electron chi connectivity index (χ2n) is 5.79. The molecular weight excluding hydrogens is 373 g/mol. The van der Waals surface area contributed by atoms with Crippen LogP contribution in [0.2, 0.25) is 0 Å². The van der Waals surface area contributed by atoms with Crippen LogP contribution in [0.1, 0.15) is 6.92 Å². The Morgan fingerprint density at radius 3 is 2.59 bits per heavy atom. The molecule has 1 aliphatic rings. The van der Waals surface area contributed by atoms with E-state index in [0.29, 0.717) is 43.6 Å². The molecule has 1 saturated heterocycles. The Morgan fingerprint density at radius 2 is 1.89 bits per heavy atom. The minimum absolute atomic E-state index is 0.0633. The number of nitrogens with zero attached hydrogens (tertiary/aromatic N) is 5. The summed E-state index contributed by atoms with van der Waals surface area (Å²) in [5.74, 6) is -0.292. The number of carbonyl (C=O) groups is 2. The molecule has 1 aliphatic heterocycles. The van der Waals surface area contributed by atoms with Gasteiger partial charge >= 0.3 is 6.09 Å². The zero-order chi connectivity index (χ0) is 19.2. The number of thioether (sulfide) groups is 1. The molecule has 0 bridgehead atoms.